The third-order valence-electron chi connectivity index (χ3n) is 5.82. The van der Waals surface area contributed by atoms with Gasteiger partial charge >= 0.3 is 0 Å². The second kappa shape index (κ2) is 7.92. The number of carbonyl (C=O) groups is 1. The maximum atomic E-state index is 13.4. The molecule has 2 bridgehead atoms. The number of para-hydroxylation sites is 3. The Bertz CT molecular complexity index is 1030. The van der Waals surface area contributed by atoms with Crippen molar-refractivity contribution >= 4 is 28.9 Å². The summed E-state index contributed by atoms with van der Waals surface area (Å²) in [5.41, 5.74) is 0.464. The van der Waals surface area contributed by atoms with Gasteiger partial charge in [0.25, 0.3) is 0 Å². The van der Waals surface area contributed by atoms with Crippen molar-refractivity contribution in [3.05, 3.63) is 48.0 Å². The number of rotatable bonds is 5. The molecule has 1 N–H and O–H groups in total. The highest BCUT2D eigenvalue weighted by atomic mass is 32.1. The van der Waals surface area contributed by atoms with Gasteiger partial charge in [0.1, 0.15) is 11.7 Å². The third-order valence-corrected chi connectivity index (χ3v) is 6.12. The molecule has 2 aliphatic heterocycles. The Morgan fingerprint density at radius 2 is 1.94 bits per heavy atom. The molecular formula is C23H27N3O4S. The SMILES string of the molecule is CCOc1cccc2c1O[C@@]1(C)[C@@H](C(=O)N(C)C)[C@H]2NC(=S)N1c1ccccc1OC. The average Bonchev–Trinajstić information content (AvgIpc) is 2.74. The van der Waals surface area contributed by atoms with Crippen LogP contribution in [0.2, 0.25) is 0 Å². The van der Waals surface area contributed by atoms with Gasteiger partial charge in [-0.05, 0) is 44.3 Å². The number of nitrogens with zero attached hydrogens (tertiary/aromatic N) is 2. The number of hydrogen-bond acceptors (Lipinski definition) is 5. The van der Waals surface area contributed by atoms with Crippen LogP contribution in [0, 0.1) is 5.92 Å². The summed E-state index contributed by atoms with van der Waals surface area (Å²) >= 11 is 5.78. The fourth-order valence-corrected chi connectivity index (χ4v) is 4.88. The topological polar surface area (TPSA) is 63.3 Å². The summed E-state index contributed by atoms with van der Waals surface area (Å²) in [5.74, 6) is 1.27. The van der Waals surface area contributed by atoms with Crippen LogP contribution in [-0.4, -0.2) is 49.5 Å². The van der Waals surface area contributed by atoms with Gasteiger partial charge in [0, 0.05) is 19.7 Å². The minimum atomic E-state index is -1.11. The molecule has 0 spiro atoms. The van der Waals surface area contributed by atoms with Crippen LogP contribution in [0.15, 0.2) is 42.5 Å². The Morgan fingerprint density at radius 1 is 1.23 bits per heavy atom. The number of methoxy groups -OCH3 is 1. The molecule has 31 heavy (non-hydrogen) atoms. The van der Waals surface area contributed by atoms with E-state index < -0.39 is 11.6 Å². The highest BCUT2D eigenvalue weighted by molar-refractivity contribution is 7.80. The van der Waals surface area contributed by atoms with Gasteiger partial charge in [-0.25, -0.2) is 0 Å². The first-order valence-corrected chi connectivity index (χ1v) is 10.6. The fourth-order valence-electron chi connectivity index (χ4n) is 4.47. The largest absolute Gasteiger partial charge is 0.495 e. The molecule has 2 aromatic carbocycles. The van der Waals surface area contributed by atoms with Gasteiger partial charge in [-0.3, -0.25) is 9.69 Å². The number of hydrogen-bond donors (Lipinski definition) is 1. The van der Waals surface area contributed by atoms with Crippen molar-refractivity contribution in [2.75, 3.05) is 32.7 Å². The number of fused-ring (bicyclic) bond motifs is 4. The standard InChI is InChI=1S/C23H27N3O4S/c1-6-29-17-13-9-10-14-19-18(21(27)25(3)4)23(2,30-20(14)17)26(22(31)24-19)15-11-7-8-12-16(15)28-5/h7-13,18-19H,6H2,1-5H3,(H,24,31)/t18-,19+,23+/m1/s1. The van der Waals surface area contributed by atoms with Gasteiger partial charge < -0.3 is 24.4 Å². The average molecular weight is 442 g/mol. The number of nitrogens with one attached hydrogen (secondary N) is 1. The highest BCUT2D eigenvalue weighted by Crippen LogP contribution is 2.53. The molecule has 0 saturated carbocycles. The smallest absolute Gasteiger partial charge is 0.233 e. The Labute approximate surface area is 187 Å². The van der Waals surface area contributed by atoms with Gasteiger partial charge in [0.2, 0.25) is 5.91 Å². The molecule has 164 valence electrons. The minimum absolute atomic E-state index is 0.0603. The van der Waals surface area contributed by atoms with Gasteiger partial charge in [-0.15, -0.1) is 0 Å². The van der Waals surface area contributed by atoms with Crippen molar-refractivity contribution in [2.45, 2.75) is 25.6 Å². The zero-order valence-electron chi connectivity index (χ0n) is 18.3. The molecule has 1 saturated heterocycles. The molecule has 0 aliphatic carbocycles. The summed E-state index contributed by atoms with van der Waals surface area (Å²) in [6, 6.07) is 12.9. The molecule has 2 aromatic rings. The first-order chi connectivity index (χ1) is 14.8. The van der Waals surface area contributed by atoms with Crippen LogP contribution in [0.3, 0.4) is 0 Å². The van der Waals surface area contributed by atoms with Crippen molar-refractivity contribution in [1.29, 1.82) is 0 Å². The molecule has 0 aromatic heterocycles. The molecule has 2 aliphatic rings. The number of thiocarbonyl (C=S) groups is 1. The van der Waals surface area contributed by atoms with Gasteiger partial charge in [0.15, 0.2) is 22.3 Å². The number of benzene rings is 2. The number of anilines is 1. The van der Waals surface area contributed by atoms with Crippen molar-refractivity contribution in [1.82, 2.24) is 10.2 Å². The molecule has 0 unspecified atom stereocenters. The Morgan fingerprint density at radius 3 is 2.61 bits per heavy atom. The summed E-state index contributed by atoms with van der Waals surface area (Å²) < 4.78 is 18.1. The lowest BCUT2D eigenvalue weighted by molar-refractivity contribution is -0.144. The first-order valence-electron chi connectivity index (χ1n) is 10.2. The molecule has 8 heteroatoms. The highest BCUT2D eigenvalue weighted by Gasteiger charge is 2.60. The zero-order chi connectivity index (χ0) is 22.3. The summed E-state index contributed by atoms with van der Waals surface area (Å²) in [6.45, 7) is 4.33. The van der Waals surface area contributed by atoms with E-state index in [4.69, 9.17) is 26.4 Å². The van der Waals surface area contributed by atoms with E-state index in [1.807, 2.05) is 61.2 Å². The van der Waals surface area contributed by atoms with E-state index in [0.717, 1.165) is 11.3 Å². The van der Waals surface area contributed by atoms with Crippen LogP contribution in [0.25, 0.3) is 0 Å². The number of amides is 1. The predicted molar refractivity (Wildman–Crippen MR) is 123 cm³/mol. The Balaban J connectivity index is 1.95. The van der Waals surface area contributed by atoms with Crippen molar-refractivity contribution in [3.8, 4) is 17.2 Å². The van der Waals surface area contributed by atoms with Crippen LogP contribution in [0.5, 0.6) is 17.2 Å². The Hall–Kier alpha value is -3.00. The van der Waals surface area contributed by atoms with Gasteiger partial charge in [-0.1, -0.05) is 24.3 Å². The van der Waals surface area contributed by atoms with E-state index in [2.05, 4.69) is 5.32 Å². The van der Waals surface area contributed by atoms with Gasteiger partial charge in [-0.2, -0.15) is 0 Å². The second-order valence-corrected chi connectivity index (χ2v) is 8.30. The molecular weight excluding hydrogens is 414 g/mol. The van der Waals surface area contributed by atoms with E-state index in [-0.39, 0.29) is 11.9 Å². The van der Waals surface area contributed by atoms with E-state index in [1.165, 1.54) is 0 Å². The summed E-state index contributed by atoms with van der Waals surface area (Å²) in [5, 5.41) is 3.87. The van der Waals surface area contributed by atoms with Crippen molar-refractivity contribution < 1.29 is 19.0 Å². The normalized spacial score (nSPS) is 23.9. The molecule has 1 fully saturated rings. The van der Waals surface area contributed by atoms with E-state index in [1.54, 1.807) is 26.1 Å². The van der Waals surface area contributed by atoms with Crippen LogP contribution >= 0.6 is 12.2 Å². The maximum absolute atomic E-state index is 13.4. The van der Waals surface area contributed by atoms with Crippen LogP contribution < -0.4 is 24.4 Å². The lowest BCUT2D eigenvalue weighted by Crippen LogP contribution is -2.72. The lowest BCUT2D eigenvalue weighted by Gasteiger charge is -2.56. The minimum Gasteiger partial charge on any atom is -0.495 e. The van der Waals surface area contributed by atoms with E-state index in [0.29, 0.717) is 29.0 Å². The van der Waals surface area contributed by atoms with Crippen LogP contribution in [0.4, 0.5) is 5.69 Å². The summed E-state index contributed by atoms with van der Waals surface area (Å²) in [4.78, 5) is 16.9. The fraction of sp³-hybridized carbons (Fsp3) is 0.391. The Kier molecular flexibility index (Phi) is 5.43. The number of ether oxygens (including phenoxy) is 3. The second-order valence-electron chi connectivity index (χ2n) is 7.91. The number of carbonyl (C=O) groups excluding carboxylic acids is 1. The van der Waals surface area contributed by atoms with Crippen LogP contribution in [-0.2, 0) is 4.79 Å². The van der Waals surface area contributed by atoms with Crippen LogP contribution in [0.1, 0.15) is 25.5 Å². The van der Waals surface area contributed by atoms with Crippen molar-refractivity contribution in [3.63, 3.8) is 0 Å². The van der Waals surface area contributed by atoms with Gasteiger partial charge in [0.05, 0.1) is 25.4 Å². The first kappa shape index (κ1) is 21.2. The predicted octanol–water partition coefficient (Wildman–Crippen LogP) is 3.34. The van der Waals surface area contributed by atoms with Crippen molar-refractivity contribution in [2.24, 2.45) is 5.92 Å². The monoisotopic (exact) mass is 441 g/mol. The molecule has 7 nitrogen and oxygen atoms in total. The molecule has 4 rings (SSSR count). The quantitative estimate of drug-likeness (QED) is 0.714. The molecule has 3 atom stereocenters. The summed E-state index contributed by atoms with van der Waals surface area (Å²) in [7, 11) is 5.11. The maximum Gasteiger partial charge on any atom is 0.233 e. The molecule has 2 heterocycles. The lowest BCUT2D eigenvalue weighted by atomic mass is 9.78. The zero-order valence-corrected chi connectivity index (χ0v) is 19.2. The third kappa shape index (κ3) is 3.26. The molecule has 1 amide bonds. The molecule has 0 radical (unpaired) electrons. The van der Waals surface area contributed by atoms with E-state index in [9.17, 15) is 4.79 Å². The van der Waals surface area contributed by atoms with E-state index >= 15 is 0 Å². The summed E-state index contributed by atoms with van der Waals surface area (Å²) in [6.07, 6.45) is 0.